The lowest BCUT2D eigenvalue weighted by molar-refractivity contribution is 0.586. The lowest BCUT2D eigenvalue weighted by Crippen LogP contribution is -2.22. The zero-order valence-electron chi connectivity index (χ0n) is 22.3. The minimum absolute atomic E-state index is 0.0743. The van der Waals surface area contributed by atoms with Gasteiger partial charge in [0.1, 0.15) is 0 Å². The maximum Gasteiger partial charge on any atom is 0.0695 e. The van der Waals surface area contributed by atoms with Crippen LogP contribution in [0, 0.1) is 0 Å². The summed E-state index contributed by atoms with van der Waals surface area (Å²) >= 11 is 0. The van der Waals surface area contributed by atoms with Crippen molar-refractivity contribution in [1.29, 1.82) is 0 Å². The monoisotopic (exact) mass is 532 g/mol. The second-order valence-corrected chi connectivity index (χ2v) is 13.0. The molecule has 0 aliphatic carbocycles. The summed E-state index contributed by atoms with van der Waals surface area (Å²) < 4.78 is 0. The Kier molecular flexibility index (Phi) is 8.13. The molecule has 3 aromatic carbocycles. The molecule has 0 spiro atoms. The van der Waals surface area contributed by atoms with Gasteiger partial charge in [0.05, 0.1) is 10.9 Å². The minimum atomic E-state index is -0.789. The van der Waals surface area contributed by atoms with Crippen LogP contribution in [0.1, 0.15) is 37.5 Å². The average Bonchev–Trinajstić information content (AvgIpc) is 2.96. The van der Waals surface area contributed by atoms with E-state index < -0.39 is 7.92 Å². The Hall–Kier alpha value is -3.18. The van der Waals surface area contributed by atoms with Crippen molar-refractivity contribution in [2.75, 3.05) is 0 Å². The summed E-state index contributed by atoms with van der Waals surface area (Å²) in [6.45, 7) is 7.05. The van der Waals surface area contributed by atoms with Gasteiger partial charge in [-0.3, -0.25) is 9.97 Å². The van der Waals surface area contributed by atoms with Crippen LogP contribution in [0.4, 0.5) is 0 Å². The van der Waals surface area contributed by atoms with E-state index in [0.717, 1.165) is 23.2 Å². The molecular weight excluding hydrogens is 498 g/mol. The largest absolute Gasteiger partial charge is 0.256 e. The number of hydrogen-bond donors (Lipinski definition) is 0. The molecule has 0 saturated heterocycles. The van der Waals surface area contributed by atoms with Crippen LogP contribution in [-0.4, -0.2) is 9.97 Å². The Bertz CT molecular complexity index is 1440. The van der Waals surface area contributed by atoms with E-state index in [1.165, 1.54) is 38.9 Å². The fraction of sp³-hybridized carbons (Fsp3) is 0.176. The Balaban J connectivity index is 1.82. The van der Waals surface area contributed by atoms with Gasteiger partial charge in [0.2, 0.25) is 0 Å². The maximum atomic E-state index is 4.83. The van der Waals surface area contributed by atoms with E-state index in [2.05, 4.69) is 121 Å². The van der Waals surface area contributed by atoms with Gasteiger partial charge in [-0.2, -0.15) is 0 Å². The van der Waals surface area contributed by atoms with Crippen LogP contribution in [0.15, 0.2) is 116 Å². The van der Waals surface area contributed by atoms with Crippen LogP contribution in [0.25, 0.3) is 22.3 Å². The summed E-state index contributed by atoms with van der Waals surface area (Å²) in [5.74, 6) is 0. The Morgan fingerprint density at radius 2 is 1.21 bits per heavy atom. The average molecular weight is 533 g/mol. The molecule has 190 valence electrons. The highest BCUT2D eigenvalue weighted by molar-refractivity contribution is 7.71. The predicted octanol–water partition coefficient (Wildman–Crippen LogP) is 8.12. The van der Waals surface area contributed by atoms with Crippen molar-refractivity contribution < 1.29 is 0 Å². The first kappa shape index (κ1) is 26.4. The van der Waals surface area contributed by atoms with Crippen LogP contribution in [-0.2, 0) is 17.7 Å². The first-order valence-electron chi connectivity index (χ1n) is 13.1. The fourth-order valence-electron chi connectivity index (χ4n) is 5.18. The van der Waals surface area contributed by atoms with Gasteiger partial charge in [-0.1, -0.05) is 93.6 Å². The molecule has 0 amide bonds. The van der Waals surface area contributed by atoms with E-state index in [-0.39, 0.29) is 5.41 Å². The smallest absolute Gasteiger partial charge is 0.0695 e. The molecule has 0 saturated carbocycles. The van der Waals surface area contributed by atoms with Crippen molar-refractivity contribution in [1.82, 2.24) is 9.97 Å². The topological polar surface area (TPSA) is 25.8 Å². The molecule has 1 atom stereocenters. The van der Waals surface area contributed by atoms with Gasteiger partial charge in [-0.15, -0.1) is 9.24 Å². The van der Waals surface area contributed by atoms with Gasteiger partial charge < -0.3 is 0 Å². The van der Waals surface area contributed by atoms with E-state index in [1.807, 2.05) is 24.5 Å². The van der Waals surface area contributed by atoms with Crippen LogP contribution in [0.2, 0.25) is 0 Å². The molecule has 0 aliphatic heterocycles. The Morgan fingerprint density at radius 1 is 0.684 bits per heavy atom. The number of nitrogens with zero attached hydrogens (tertiary/aromatic N) is 2. The standard InChI is InChI=1S/C34H34N2P2/c1-34(2,3)33-29(24-38(30-18-10-12-20-35-30)31-19-11-13-21-36-31)27(23-37)22-28(25-14-6-4-7-15-25)32(33)26-16-8-5-9-17-26/h4-22H,23-24,37H2,1-3H3. The predicted molar refractivity (Wildman–Crippen MR) is 168 cm³/mol. The molecule has 0 bridgehead atoms. The molecule has 5 aromatic rings. The first-order valence-corrected chi connectivity index (χ1v) is 15.4. The van der Waals surface area contributed by atoms with Gasteiger partial charge in [-0.25, -0.2) is 0 Å². The molecule has 1 unspecified atom stereocenters. The lowest BCUT2D eigenvalue weighted by Gasteiger charge is -2.32. The van der Waals surface area contributed by atoms with Crippen LogP contribution < -0.4 is 10.9 Å². The van der Waals surface area contributed by atoms with Gasteiger partial charge in [0.25, 0.3) is 0 Å². The van der Waals surface area contributed by atoms with Crippen LogP contribution in [0.3, 0.4) is 0 Å². The quantitative estimate of drug-likeness (QED) is 0.198. The molecule has 2 aromatic heterocycles. The molecule has 0 radical (unpaired) electrons. The Morgan fingerprint density at radius 3 is 1.68 bits per heavy atom. The Labute approximate surface area is 230 Å². The number of aromatic nitrogens is 2. The maximum absolute atomic E-state index is 4.83. The lowest BCUT2D eigenvalue weighted by atomic mass is 9.75. The first-order chi connectivity index (χ1) is 18.5. The summed E-state index contributed by atoms with van der Waals surface area (Å²) in [6, 6.07) is 36.6. The fourth-order valence-corrected chi connectivity index (χ4v) is 7.73. The third-order valence-corrected chi connectivity index (χ3v) is 9.52. The summed E-state index contributed by atoms with van der Waals surface area (Å²) in [5, 5.41) is 0. The summed E-state index contributed by atoms with van der Waals surface area (Å²) in [4.78, 5) is 9.66. The number of hydrogen-bond acceptors (Lipinski definition) is 2. The summed E-state index contributed by atoms with van der Waals surface area (Å²) in [5.41, 5.74) is 11.5. The van der Waals surface area contributed by atoms with Gasteiger partial charge in [0, 0.05) is 26.5 Å². The molecule has 0 N–H and O–H groups in total. The van der Waals surface area contributed by atoms with E-state index in [9.17, 15) is 0 Å². The van der Waals surface area contributed by atoms with Crippen molar-refractivity contribution in [3.63, 3.8) is 0 Å². The second kappa shape index (κ2) is 11.7. The molecule has 4 heteroatoms. The van der Waals surface area contributed by atoms with Gasteiger partial charge >= 0.3 is 0 Å². The van der Waals surface area contributed by atoms with Crippen molar-refractivity contribution in [2.45, 2.75) is 38.5 Å². The van der Waals surface area contributed by atoms with E-state index >= 15 is 0 Å². The summed E-state index contributed by atoms with van der Waals surface area (Å²) in [7, 11) is 2.20. The van der Waals surface area contributed by atoms with Crippen molar-refractivity contribution in [2.24, 2.45) is 0 Å². The molecule has 0 fully saturated rings. The third-order valence-electron chi connectivity index (χ3n) is 6.81. The van der Waals surface area contributed by atoms with Crippen LogP contribution in [0.5, 0.6) is 0 Å². The zero-order valence-corrected chi connectivity index (χ0v) is 24.4. The van der Waals surface area contributed by atoms with Crippen molar-refractivity contribution >= 4 is 28.0 Å². The highest BCUT2D eigenvalue weighted by Crippen LogP contribution is 2.48. The number of benzene rings is 3. The number of rotatable bonds is 7. The van der Waals surface area contributed by atoms with Gasteiger partial charge in [0.15, 0.2) is 0 Å². The van der Waals surface area contributed by atoms with Gasteiger partial charge in [-0.05, 0) is 80.9 Å². The van der Waals surface area contributed by atoms with Crippen molar-refractivity contribution in [3.8, 4) is 22.3 Å². The molecule has 2 heterocycles. The molecule has 5 rings (SSSR count). The number of pyridine rings is 2. The molecular formula is C34H34N2P2. The summed E-state index contributed by atoms with van der Waals surface area (Å²) in [6.07, 6.45) is 5.60. The zero-order chi connectivity index (χ0) is 26.5. The highest BCUT2D eigenvalue weighted by Gasteiger charge is 2.30. The molecule has 0 aliphatic rings. The minimum Gasteiger partial charge on any atom is -0.256 e. The van der Waals surface area contributed by atoms with Crippen molar-refractivity contribution in [3.05, 3.63) is 132 Å². The second-order valence-electron chi connectivity index (χ2n) is 10.5. The van der Waals surface area contributed by atoms with E-state index in [0.29, 0.717) is 0 Å². The highest BCUT2D eigenvalue weighted by atomic mass is 31.1. The third kappa shape index (κ3) is 5.63. The molecule has 38 heavy (non-hydrogen) atoms. The molecule has 2 nitrogen and oxygen atoms in total. The van der Waals surface area contributed by atoms with Crippen LogP contribution >= 0.6 is 17.2 Å². The van der Waals surface area contributed by atoms with E-state index in [4.69, 9.17) is 9.97 Å². The van der Waals surface area contributed by atoms with E-state index in [1.54, 1.807) is 0 Å². The SMILES string of the molecule is CC(C)(C)c1c(CP(c2ccccn2)c2ccccn2)c(CP)cc(-c2ccccc2)c1-c1ccccc1. The normalized spacial score (nSPS) is 11.6.